The minimum atomic E-state index is -7.56. The van der Waals surface area contributed by atoms with Crippen molar-refractivity contribution in [2.75, 3.05) is 0 Å². The zero-order chi connectivity index (χ0) is 24.4. The molecule has 0 amide bonds. The van der Waals surface area contributed by atoms with Gasteiger partial charge in [-0.25, -0.2) is 56.3 Å². The Hall–Kier alpha value is -1.72. The Morgan fingerprint density at radius 1 is 0.613 bits per heavy atom. The smallest absolute Gasteiger partial charge is 0.243 e. The van der Waals surface area contributed by atoms with E-state index in [1.165, 1.54) is 0 Å². The summed E-state index contributed by atoms with van der Waals surface area (Å²) in [4.78, 5) is 0. The first-order valence-electron chi connectivity index (χ1n) is 7.42. The maximum atomic E-state index is 14.0. The molecule has 1 aliphatic rings. The summed E-state index contributed by atoms with van der Waals surface area (Å²) >= 11 is 0. The second-order valence-corrected chi connectivity index (χ2v) is 10.7. The van der Waals surface area contributed by atoms with Crippen LogP contribution >= 0.6 is 0 Å². The molecular formula is C13H6F12O4S2. The topological polar surface area (TPSA) is 68.3 Å². The molecule has 0 bridgehead atoms. The Balaban J connectivity index is 2.99. The molecule has 5 atom stereocenters. The summed E-state index contributed by atoms with van der Waals surface area (Å²) in [6.45, 7) is 0. The number of hydrogen-bond acceptors (Lipinski definition) is 4. The Morgan fingerprint density at radius 2 is 0.935 bits per heavy atom. The monoisotopic (exact) mass is 518 g/mol. The van der Waals surface area contributed by atoms with Gasteiger partial charge in [0.1, 0.15) is 5.25 Å². The van der Waals surface area contributed by atoms with Crippen molar-refractivity contribution in [3.8, 4) is 0 Å². The molecule has 178 valence electrons. The normalized spacial score (nSPS) is 28.7. The number of sulfone groups is 2. The fourth-order valence-corrected chi connectivity index (χ4v) is 7.57. The predicted molar refractivity (Wildman–Crippen MR) is 76.2 cm³/mol. The molecule has 0 N–H and O–H groups in total. The van der Waals surface area contributed by atoms with Gasteiger partial charge >= 0.3 is 5.51 Å². The van der Waals surface area contributed by atoms with E-state index < -0.39 is 94.4 Å². The highest BCUT2D eigenvalue weighted by molar-refractivity contribution is 8.09. The van der Waals surface area contributed by atoms with Crippen LogP contribution in [0.15, 0.2) is 0 Å². The molecule has 0 saturated heterocycles. The van der Waals surface area contributed by atoms with Crippen LogP contribution in [0.2, 0.25) is 0 Å². The van der Waals surface area contributed by atoms with E-state index in [0.717, 1.165) is 0 Å². The standard InChI is InChI=1S/C13H6F12O4S2/c14-2-1(3(15)5(17)6(18)4(2)16)12(31(28,29)13(23,24)25)30(26,27)11-9(21)7(19)8(20)10(11)22/h7-12H. The first-order chi connectivity index (χ1) is 13.8. The van der Waals surface area contributed by atoms with Crippen molar-refractivity contribution in [2.24, 2.45) is 0 Å². The maximum absolute atomic E-state index is 14.0. The van der Waals surface area contributed by atoms with E-state index in [1.807, 2.05) is 0 Å². The molecule has 5 unspecified atom stereocenters. The van der Waals surface area contributed by atoms with Crippen molar-refractivity contribution < 1.29 is 69.5 Å². The largest absolute Gasteiger partial charge is 0.499 e. The maximum Gasteiger partial charge on any atom is 0.499 e. The van der Waals surface area contributed by atoms with Crippen LogP contribution in [0, 0.1) is 29.1 Å². The predicted octanol–water partition coefficient (Wildman–Crippen LogP) is 3.46. The first kappa shape index (κ1) is 25.5. The third-order valence-corrected chi connectivity index (χ3v) is 9.42. The van der Waals surface area contributed by atoms with Crippen LogP contribution in [0.4, 0.5) is 52.7 Å². The Kier molecular flexibility index (Phi) is 6.34. The quantitative estimate of drug-likeness (QED) is 0.348. The van der Waals surface area contributed by atoms with Crippen LogP contribution in [-0.4, -0.2) is 52.3 Å². The minimum absolute atomic E-state index is 3.04. The molecule has 1 aliphatic carbocycles. The molecule has 4 nitrogen and oxygen atoms in total. The molecule has 0 aliphatic heterocycles. The SMILES string of the molecule is O=S(=O)(C1C(F)C(F)C(F)C1F)C(c1c(F)c(F)c(F)c(F)c1F)S(=O)(=O)C(F)(F)F. The highest BCUT2D eigenvalue weighted by atomic mass is 32.3. The van der Waals surface area contributed by atoms with Crippen LogP contribution in [0.5, 0.6) is 0 Å². The Bertz CT molecular complexity index is 1060. The lowest BCUT2D eigenvalue weighted by molar-refractivity contribution is -0.0440. The van der Waals surface area contributed by atoms with Crippen molar-refractivity contribution >= 4 is 19.7 Å². The lowest BCUT2D eigenvalue weighted by Crippen LogP contribution is -2.44. The summed E-state index contributed by atoms with van der Waals surface area (Å²) in [6.07, 6.45) is -15.1. The second-order valence-electron chi connectivity index (χ2n) is 6.14. The molecule has 0 aromatic heterocycles. The zero-order valence-electron chi connectivity index (χ0n) is 13.9. The van der Waals surface area contributed by atoms with E-state index in [-0.39, 0.29) is 0 Å². The Morgan fingerprint density at radius 3 is 1.26 bits per heavy atom. The fraction of sp³-hybridized carbons (Fsp3) is 0.538. The summed E-state index contributed by atoms with van der Waals surface area (Å²) in [7, 11) is -14.5. The van der Waals surface area contributed by atoms with E-state index >= 15 is 0 Å². The summed E-state index contributed by atoms with van der Waals surface area (Å²) in [5.41, 5.74) is -9.95. The molecular weight excluding hydrogens is 512 g/mol. The fourth-order valence-electron chi connectivity index (χ4n) is 2.84. The highest BCUT2D eigenvalue weighted by Crippen LogP contribution is 2.47. The molecule has 2 rings (SSSR count). The second kappa shape index (κ2) is 7.70. The van der Waals surface area contributed by atoms with Crippen molar-refractivity contribution in [1.82, 2.24) is 0 Å². The van der Waals surface area contributed by atoms with Gasteiger partial charge in [0.05, 0.1) is 5.56 Å². The summed E-state index contributed by atoms with van der Waals surface area (Å²) in [5, 5.41) is -3.94. The van der Waals surface area contributed by atoms with Gasteiger partial charge in [0.25, 0.3) is 9.84 Å². The number of halogens is 12. The molecule has 0 radical (unpaired) electrons. The van der Waals surface area contributed by atoms with Gasteiger partial charge in [-0.1, -0.05) is 0 Å². The minimum Gasteiger partial charge on any atom is -0.243 e. The molecule has 1 aromatic carbocycles. The van der Waals surface area contributed by atoms with Gasteiger partial charge < -0.3 is 0 Å². The van der Waals surface area contributed by atoms with E-state index in [0.29, 0.717) is 0 Å². The van der Waals surface area contributed by atoms with Crippen LogP contribution in [0.3, 0.4) is 0 Å². The van der Waals surface area contributed by atoms with Crippen LogP contribution in [0.25, 0.3) is 0 Å². The molecule has 0 heterocycles. The van der Waals surface area contributed by atoms with Gasteiger partial charge in [0.15, 0.2) is 57.8 Å². The van der Waals surface area contributed by atoms with Crippen LogP contribution in [-0.2, 0) is 19.7 Å². The van der Waals surface area contributed by atoms with E-state index in [9.17, 15) is 69.5 Å². The molecule has 18 heteroatoms. The van der Waals surface area contributed by atoms with E-state index in [1.54, 1.807) is 0 Å². The molecule has 1 fully saturated rings. The van der Waals surface area contributed by atoms with E-state index in [2.05, 4.69) is 0 Å². The molecule has 1 saturated carbocycles. The van der Waals surface area contributed by atoms with Gasteiger partial charge in [-0.05, 0) is 0 Å². The highest BCUT2D eigenvalue weighted by Gasteiger charge is 2.66. The summed E-state index contributed by atoms with van der Waals surface area (Å²) < 4.78 is 205. The van der Waals surface area contributed by atoms with Crippen LogP contribution < -0.4 is 0 Å². The van der Waals surface area contributed by atoms with E-state index in [4.69, 9.17) is 0 Å². The number of benzene rings is 1. The number of hydrogen-bond donors (Lipinski definition) is 0. The lowest BCUT2D eigenvalue weighted by atomic mass is 10.2. The third-order valence-electron chi connectivity index (χ3n) is 4.30. The lowest BCUT2D eigenvalue weighted by Gasteiger charge is -2.25. The van der Waals surface area contributed by atoms with Crippen LogP contribution in [0.1, 0.15) is 10.1 Å². The van der Waals surface area contributed by atoms with Gasteiger partial charge in [-0.15, -0.1) is 0 Å². The number of alkyl halides is 7. The average molecular weight is 518 g/mol. The van der Waals surface area contributed by atoms with Crippen molar-refractivity contribution in [1.29, 1.82) is 0 Å². The summed E-state index contributed by atoms with van der Waals surface area (Å²) in [6, 6.07) is 0. The van der Waals surface area contributed by atoms with Gasteiger partial charge in [0.2, 0.25) is 10.4 Å². The van der Waals surface area contributed by atoms with Gasteiger partial charge in [-0.2, -0.15) is 13.2 Å². The zero-order valence-corrected chi connectivity index (χ0v) is 15.6. The molecule has 0 spiro atoms. The Labute approximate surface area is 164 Å². The van der Waals surface area contributed by atoms with Crippen molar-refractivity contribution in [3.63, 3.8) is 0 Å². The van der Waals surface area contributed by atoms with Gasteiger partial charge in [-0.3, -0.25) is 0 Å². The van der Waals surface area contributed by atoms with Crippen molar-refractivity contribution in [3.05, 3.63) is 34.6 Å². The summed E-state index contributed by atoms with van der Waals surface area (Å²) in [5.74, 6) is -16.0. The molecule has 1 aromatic rings. The average Bonchev–Trinajstić information content (AvgIpc) is 2.83. The first-order valence-corrected chi connectivity index (χ1v) is 10.6. The van der Waals surface area contributed by atoms with Crippen molar-refractivity contribution in [2.45, 2.75) is 40.0 Å². The van der Waals surface area contributed by atoms with Gasteiger partial charge in [0, 0.05) is 0 Å². The third kappa shape index (κ3) is 3.64. The molecule has 31 heavy (non-hydrogen) atoms. The number of rotatable bonds is 4.